The van der Waals surface area contributed by atoms with Gasteiger partial charge in [0.25, 0.3) is 0 Å². The third kappa shape index (κ3) is 4.11. The quantitative estimate of drug-likeness (QED) is 0.568. The van der Waals surface area contributed by atoms with E-state index in [-0.39, 0.29) is 17.6 Å². The van der Waals surface area contributed by atoms with E-state index in [1.54, 1.807) is 0 Å². The van der Waals surface area contributed by atoms with Gasteiger partial charge in [-0.05, 0) is 66.5 Å². The Kier molecular flexibility index (Phi) is 4.84. The highest BCUT2D eigenvalue weighted by atomic mass is 19.1. The second kappa shape index (κ2) is 6.88. The number of hydrogen-bond donors (Lipinski definition) is 0. The molecule has 0 saturated heterocycles. The van der Waals surface area contributed by atoms with Gasteiger partial charge in [-0.15, -0.1) is 0 Å². The molecule has 1 aliphatic rings. The average molecular weight is 326 g/mol. The molecule has 24 heavy (non-hydrogen) atoms. The molecule has 0 N–H and O–H groups in total. The summed E-state index contributed by atoms with van der Waals surface area (Å²) in [6.45, 7) is 4.60. The van der Waals surface area contributed by atoms with Crippen LogP contribution in [0.2, 0.25) is 0 Å². The van der Waals surface area contributed by atoms with E-state index in [0.29, 0.717) is 5.41 Å². The Morgan fingerprint density at radius 2 is 1.50 bits per heavy atom. The van der Waals surface area contributed by atoms with Crippen molar-refractivity contribution >= 4 is 0 Å². The van der Waals surface area contributed by atoms with Crippen LogP contribution in [0, 0.1) is 17.0 Å². The number of hydrogen-bond acceptors (Lipinski definition) is 0. The molecule has 0 aromatic heterocycles. The Balaban J connectivity index is 1.90. The maximum atomic E-state index is 13.3. The van der Waals surface area contributed by atoms with Crippen LogP contribution in [-0.2, 0) is 6.42 Å². The second-order valence-electron chi connectivity index (χ2n) is 7.58. The summed E-state index contributed by atoms with van der Waals surface area (Å²) < 4.78 is 26.5. The van der Waals surface area contributed by atoms with Crippen LogP contribution < -0.4 is 0 Å². The van der Waals surface area contributed by atoms with Gasteiger partial charge in [0.15, 0.2) is 0 Å². The van der Waals surface area contributed by atoms with Gasteiger partial charge in [0.2, 0.25) is 0 Å². The number of benzene rings is 2. The molecule has 1 atom stereocenters. The SMILES string of the molecule is CC1(C)CC=C(C(Cc2ccc(F)cc2)c2ccc(F)cc2)CC1. The van der Waals surface area contributed by atoms with Gasteiger partial charge >= 0.3 is 0 Å². The maximum absolute atomic E-state index is 13.3. The zero-order valence-corrected chi connectivity index (χ0v) is 14.4. The van der Waals surface area contributed by atoms with Crippen molar-refractivity contribution in [3.05, 3.63) is 82.9 Å². The van der Waals surface area contributed by atoms with E-state index < -0.39 is 0 Å². The van der Waals surface area contributed by atoms with Crippen LogP contribution in [0.3, 0.4) is 0 Å². The first kappa shape index (κ1) is 16.9. The molecule has 0 amide bonds. The lowest BCUT2D eigenvalue weighted by molar-refractivity contribution is 0.319. The highest BCUT2D eigenvalue weighted by molar-refractivity contribution is 5.33. The van der Waals surface area contributed by atoms with E-state index in [1.807, 2.05) is 24.3 Å². The van der Waals surface area contributed by atoms with Gasteiger partial charge in [-0.3, -0.25) is 0 Å². The van der Waals surface area contributed by atoms with Crippen molar-refractivity contribution in [3.8, 4) is 0 Å². The Hall–Kier alpha value is -1.96. The van der Waals surface area contributed by atoms with Gasteiger partial charge in [0, 0.05) is 5.92 Å². The third-order valence-electron chi connectivity index (χ3n) is 5.08. The zero-order valence-electron chi connectivity index (χ0n) is 14.4. The molecule has 0 heterocycles. The molecular formula is C22H24F2. The number of allylic oxidation sites excluding steroid dienone is 2. The minimum atomic E-state index is -0.212. The zero-order chi connectivity index (χ0) is 17.2. The monoisotopic (exact) mass is 326 g/mol. The predicted molar refractivity (Wildman–Crippen MR) is 95.0 cm³/mol. The van der Waals surface area contributed by atoms with Crippen LogP contribution in [0.4, 0.5) is 8.78 Å². The molecule has 2 aromatic carbocycles. The van der Waals surface area contributed by atoms with Crippen molar-refractivity contribution in [2.75, 3.05) is 0 Å². The summed E-state index contributed by atoms with van der Waals surface area (Å²) in [6.07, 6.45) is 6.48. The summed E-state index contributed by atoms with van der Waals surface area (Å²) in [4.78, 5) is 0. The van der Waals surface area contributed by atoms with Crippen molar-refractivity contribution in [1.82, 2.24) is 0 Å². The molecule has 0 nitrogen and oxygen atoms in total. The Labute approximate surface area is 143 Å². The van der Waals surface area contributed by atoms with Crippen molar-refractivity contribution in [2.45, 2.75) is 45.4 Å². The molecule has 3 rings (SSSR count). The molecule has 1 aliphatic carbocycles. The topological polar surface area (TPSA) is 0 Å². The van der Waals surface area contributed by atoms with E-state index in [1.165, 1.54) is 36.3 Å². The lowest BCUT2D eigenvalue weighted by atomic mass is 9.73. The Morgan fingerprint density at radius 1 is 0.917 bits per heavy atom. The molecule has 2 aromatic rings. The number of halogens is 2. The molecule has 2 heteroatoms. The molecular weight excluding hydrogens is 302 g/mol. The summed E-state index contributed by atoms with van der Waals surface area (Å²) in [5, 5.41) is 0. The molecule has 0 spiro atoms. The van der Waals surface area contributed by atoms with E-state index in [4.69, 9.17) is 0 Å². The Morgan fingerprint density at radius 3 is 2.04 bits per heavy atom. The number of rotatable bonds is 4. The molecule has 1 unspecified atom stereocenters. The van der Waals surface area contributed by atoms with Crippen LogP contribution in [0.5, 0.6) is 0 Å². The van der Waals surface area contributed by atoms with E-state index in [9.17, 15) is 8.78 Å². The highest BCUT2D eigenvalue weighted by Gasteiger charge is 2.26. The van der Waals surface area contributed by atoms with Crippen molar-refractivity contribution in [3.63, 3.8) is 0 Å². The smallest absolute Gasteiger partial charge is 0.123 e. The van der Waals surface area contributed by atoms with Gasteiger partial charge in [0.05, 0.1) is 0 Å². The predicted octanol–water partition coefficient (Wildman–Crippen LogP) is 6.43. The summed E-state index contributed by atoms with van der Waals surface area (Å²) in [5.41, 5.74) is 4.01. The van der Waals surface area contributed by atoms with Gasteiger partial charge in [-0.2, -0.15) is 0 Å². The van der Waals surface area contributed by atoms with Gasteiger partial charge in [-0.1, -0.05) is 49.8 Å². The summed E-state index contributed by atoms with van der Waals surface area (Å²) in [7, 11) is 0. The van der Waals surface area contributed by atoms with Crippen LogP contribution in [0.15, 0.2) is 60.2 Å². The minimum absolute atomic E-state index is 0.210. The minimum Gasteiger partial charge on any atom is -0.207 e. The van der Waals surface area contributed by atoms with Crippen molar-refractivity contribution in [2.24, 2.45) is 5.41 Å². The van der Waals surface area contributed by atoms with E-state index >= 15 is 0 Å². The summed E-state index contributed by atoms with van der Waals surface area (Å²) >= 11 is 0. The summed E-state index contributed by atoms with van der Waals surface area (Å²) in [5.74, 6) is -0.194. The van der Waals surface area contributed by atoms with Crippen LogP contribution in [0.25, 0.3) is 0 Å². The van der Waals surface area contributed by atoms with E-state index in [2.05, 4.69) is 19.9 Å². The maximum Gasteiger partial charge on any atom is 0.123 e. The van der Waals surface area contributed by atoms with Crippen LogP contribution >= 0.6 is 0 Å². The lowest BCUT2D eigenvalue weighted by Crippen LogP contribution is -2.18. The molecule has 0 bridgehead atoms. The van der Waals surface area contributed by atoms with E-state index in [0.717, 1.165) is 30.4 Å². The molecule has 126 valence electrons. The molecule has 0 saturated carbocycles. The fourth-order valence-electron chi connectivity index (χ4n) is 3.43. The van der Waals surface area contributed by atoms with Crippen LogP contribution in [-0.4, -0.2) is 0 Å². The first-order valence-corrected chi connectivity index (χ1v) is 8.62. The largest absolute Gasteiger partial charge is 0.207 e. The van der Waals surface area contributed by atoms with Crippen molar-refractivity contribution < 1.29 is 8.78 Å². The first-order valence-electron chi connectivity index (χ1n) is 8.62. The van der Waals surface area contributed by atoms with Gasteiger partial charge < -0.3 is 0 Å². The van der Waals surface area contributed by atoms with Gasteiger partial charge in [0.1, 0.15) is 11.6 Å². The lowest BCUT2D eigenvalue weighted by Gasteiger charge is -2.32. The summed E-state index contributed by atoms with van der Waals surface area (Å²) in [6, 6.07) is 13.5. The third-order valence-corrected chi connectivity index (χ3v) is 5.08. The Bertz CT molecular complexity index is 709. The fraction of sp³-hybridized carbons (Fsp3) is 0.364. The first-order chi connectivity index (χ1) is 11.4. The van der Waals surface area contributed by atoms with Gasteiger partial charge in [-0.25, -0.2) is 8.78 Å². The highest BCUT2D eigenvalue weighted by Crippen LogP contribution is 2.40. The fourth-order valence-corrected chi connectivity index (χ4v) is 3.43. The van der Waals surface area contributed by atoms with Crippen LogP contribution in [0.1, 0.15) is 50.2 Å². The molecule has 0 fully saturated rings. The second-order valence-corrected chi connectivity index (χ2v) is 7.58. The normalized spacial score (nSPS) is 18.1. The van der Waals surface area contributed by atoms with Crippen molar-refractivity contribution in [1.29, 1.82) is 0 Å². The molecule has 0 radical (unpaired) electrons. The molecule has 0 aliphatic heterocycles. The average Bonchev–Trinajstić information content (AvgIpc) is 2.56. The standard InChI is InChI=1S/C22H24F2/c1-22(2)13-11-18(12-14-22)21(17-5-9-20(24)10-6-17)15-16-3-7-19(23)8-4-16/h3-11,21H,12-15H2,1-2H3.